The fraction of sp³-hybridized carbons (Fsp3) is 0.571. The second-order valence-corrected chi connectivity index (χ2v) is 8.29. The quantitative estimate of drug-likeness (QED) is 0.895. The topological polar surface area (TPSA) is 72.2 Å². The van der Waals surface area contributed by atoms with Crippen LogP contribution >= 0.6 is 0 Å². The zero-order valence-electron chi connectivity index (χ0n) is 12.1. The minimum absolute atomic E-state index is 0.122. The highest BCUT2D eigenvalue weighted by atomic mass is 32.2. The molecule has 0 aromatic heterocycles. The van der Waals surface area contributed by atoms with Crippen LogP contribution in [0.15, 0.2) is 29.2 Å². The molecule has 0 spiro atoms. The third-order valence-electron chi connectivity index (χ3n) is 4.49. The highest BCUT2D eigenvalue weighted by Crippen LogP contribution is 2.52. The Morgan fingerprint density at radius 2 is 1.65 bits per heavy atom. The standard InChI is InChI=1S/C14H21FN2O2S/c1-13(2)11(16)14(3,4)12(13)17-20(18,19)10-8-6-5-7-9(10)15/h5-8,11-12,17H,16H2,1-4H3. The summed E-state index contributed by atoms with van der Waals surface area (Å²) in [4.78, 5) is -0.327. The van der Waals surface area contributed by atoms with Crippen molar-refractivity contribution < 1.29 is 12.8 Å². The maximum Gasteiger partial charge on any atom is 0.243 e. The average Bonchev–Trinajstić information content (AvgIpc) is 2.35. The van der Waals surface area contributed by atoms with Gasteiger partial charge in [0, 0.05) is 12.1 Å². The van der Waals surface area contributed by atoms with Crippen molar-refractivity contribution in [2.24, 2.45) is 16.6 Å². The van der Waals surface area contributed by atoms with Gasteiger partial charge in [-0.3, -0.25) is 0 Å². The molecule has 0 amide bonds. The lowest BCUT2D eigenvalue weighted by atomic mass is 9.49. The Kier molecular flexibility index (Phi) is 3.48. The van der Waals surface area contributed by atoms with Crippen LogP contribution in [0.25, 0.3) is 0 Å². The van der Waals surface area contributed by atoms with Gasteiger partial charge in [-0.05, 0) is 23.0 Å². The average molecular weight is 300 g/mol. The molecular formula is C14H21FN2O2S. The van der Waals surface area contributed by atoms with Crippen molar-refractivity contribution >= 4 is 10.0 Å². The number of nitrogens with one attached hydrogen (secondary N) is 1. The highest BCUT2D eigenvalue weighted by Gasteiger charge is 2.61. The van der Waals surface area contributed by atoms with Gasteiger partial charge in [-0.2, -0.15) is 0 Å². The molecule has 1 aliphatic rings. The van der Waals surface area contributed by atoms with Gasteiger partial charge in [0.05, 0.1) is 0 Å². The van der Waals surface area contributed by atoms with Crippen LogP contribution in [0.5, 0.6) is 0 Å². The smallest absolute Gasteiger partial charge is 0.243 e. The second kappa shape index (κ2) is 4.51. The first-order valence-electron chi connectivity index (χ1n) is 6.53. The fourth-order valence-corrected chi connectivity index (χ4v) is 4.99. The molecule has 2 rings (SSSR count). The van der Waals surface area contributed by atoms with E-state index in [1.807, 2.05) is 27.7 Å². The van der Waals surface area contributed by atoms with E-state index in [0.29, 0.717) is 0 Å². The van der Waals surface area contributed by atoms with Crippen LogP contribution in [0.2, 0.25) is 0 Å². The molecule has 20 heavy (non-hydrogen) atoms. The number of halogens is 1. The van der Waals surface area contributed by atoms with E-state index < -0.39 is 15.8 Å². The summed E-state index contributed by atoms with van der Waals surface area (Å²) in [6, 6.07) is 4.90. The molecule has 6 heteroatoms. The summed E-state index contributed by atoms with van der Waals surface area (Å²) in [5.74, 6) is -0.751. The van der Waals surface area contributed by atoms with Crippen LogP contribution in [0.1, 0.15) is 27.7 Å². The number of hydrogen-bond donors (Lipinski definition) is 2. The molecule has 0 heterocycles. The van der Waals surface area contributed by atoms with Gasteiger partial charge in [-0.15, -0.1) is 0 Å². The first-order valence-corrected chi connectivity index (χ1v) is 8.02. The van der Waals surface area contributed by atoms with Crippen LogP contribution in [0, 0.1) is 16.6 Å². The van der Waals surface area contributed by atoms with Crippen LogP contribution in [-0.4, -0.2) is 20.5 Å². The minimum Gasteiger partial charge on any atom is -0.327 e. The molecule has 0 saturated heterocycles. The Morgan fingerprint density at radius 3 is 2.15 bits per heavy atom. The fourth-order valence-electron chi connectivity index (χ4n) is 3.37. The Balaban J connectivity index is 2.33. The first kappa shape index (κ1) is 15.4. The lowest BCUT2D eigenvalue weighted by Gasteiger charge is -2.62. The maximum atomic E-state index is 13.7. The van der Waals surface area contributed by atoms with Gasteiger partial charge in [-0.25, -0.2) is 17.5 Å². The molecule has 1 aromatic rings. The van der Waals surface area contributed by atoms with Crippen molar-refractivity contribution in [2.45, 2.75) is 44.7 Å². The van der Waals surface area contributed by atoms with Gasteiger partial charge >= 0.3 is 0 Å². The van der Waals surface area contributed by atoms with Gasteiger partial charge in [0.25, 0.3) is 0 Å². The summed E-state index contributed by atoms with van der Waals surface area (Å²) in [5.41, 5.74) is 5.36. The van der Waals surface area contributed by atoms with E-state index in [1.54, 1.807) is 0 Å². The zero-order chi connectivity index (χ0) is 15.3. The SMILES string of the molecule is CC1(C)C(N)C(C)(C)C1NS(=O)(=O)c1ccccc1F. The van der Waals surface area contributed by atoms with E-state index in [2.05, 4.69) is 4.72 Å². The lowest BCUT2D eigenvalue weighted by molar-refractivity contribution is -0.0593. The highest BCUT2D eigenvalue weighted by molar-refractivity contribution is 7.89. The van der Waals surface area contributed by atoms with Crippen molar-refractivity contribution in [3.05, 3.63) is 30.1 Å². The van der Waals surface area contributed by atoms with Crippen molar-refractivity contribution in [3.8, 4) is 0 Å². The van der Waals surface area contributed by atoms with Gasteiger partial charge in [-0.1, -0.05) is 39.8 Å². The summed E-state index contributed by atoms with van der Waals surface area (Å²) in [6.45, 7) is 7.66. The molecular weight excluding hydrogens is 279 g/mol. The van der Waals surface area contributed by atoms with E-state index in [1.165, 1.54) is 18.2 Å². The Bertz CT molecular complexity index is 610. The van der Waals surface area contributed by atoms with Crippen LogP contribution in [-0.2, 0) is 10.0 Å². The van der Waals surface area contributed by atoms with E-state index in [9.17, 15) is 12.8 Å². The molecule has 0 atom stereocenters. The number of nitrogens with two attached hydrogens (primary N) is 1. The minimum atomic E-state index is -3.90. The Labute approximate surface area is 119 Å². The largest absolute Gasteiger partial charge is 0.327 e. The van der Waals surface area contributed by atoms with Gasteiger partial charge < -0.3 is 5.73 Å². The predicted octanol–water partition coefficient (Wildman–Crippen LogP) is 1.87. The summed E-state index contributed by atoms with van der Waals surface area (Å²) in [6.07, 6.45) is 0. The molecule has 0 bridgehead atoms. The number of benzene rings is 1. The van der Waals surface area contributed by atoms with Gasteiger partial charge in [0.1, 0.15) is 10.7 Å². The van der Waals surface area contributed by atoms with Crippen LogP contribution < -0.4 is 10.5 Å². The summed E-state index contributed by atoms with van der Waals surface area (Å²) in [5, 5.41) is 0. The van der Waals surface area contributed by atoms with E-state index in [0.717, 1.165) is 6.07 Å². The van der Waals surface area contributed by atoms with Crippen molar-refractivity contribution in [1.82, 2.24) is 4.72 Å². The van der Waals surface area contributed by atoms with Crippen LogP contribution in [0.3, 0.4) is 0 Å². The maximum absolute atomic E-state index is 13.7. The Hall–Kier alpha value is -0.980. The first-order chi connectivity index (χ1) is 9.01. The summed E-state index contributed by atoms with van der Waals surface area (Å²) in [7, 11) is -3.90. The Morgan fingerprint density at radius 1 is 1.15 bits per heavy atom. The van der Waals surface area contributed by atoms with Gasteiger partial charge in [0.15, 0.2) is 0 Å². The molecule has 112 valence electrons. The van der Waals surface area contributed by atoms with E-state index in [-0.39, 0.29) is 27.8 Å². The summed E-state index contributed by atoms with van der Waals surface area (Å²) < 4.78 is 41.0. The molecule has 1 aliphatic carbocycles. The van der Waals surface area contributed by atoms with E-state index in [4.69, 9.17) is 5.73 Å². The molecule has 0 radical (unpaired) electrons. The molecule has 1 fully saturated rings. The second-order valence-electron chi connectivity index (χ2n) is 6.61. The van der Waals surface area contributed by atoms with Crippen LogP contribution in [0.4, 0.5) is 4.39 Å². The predicted molar refractivity (Wildman–Crippen MR) is 76.0 cm³/mol. The lowest BCUT2D eigenvalue weighted by Crippen LogP contribution is -2.75. The normalized spacial score (nSPS) is 27.9. The third-order valence-corrected chi connectivity index (χ3v) is 5.95. The molecule has 3 N–H and O–H groups in total. The molecule has 4 nitrogen and oxygen atoms in total. The molecule has 1 saturated carbocycles. The number of hydrogen-bond acceptors (Lipinski definition) is 3. The van der Waals surface area contributed by atoms with Gasteiger partial charge in [0.2, 0.25) is 10.0 Å². The summed E-state index contributed by atoms with van der Waals surface area (Å²) >= 11 is 0. The number of rotatable bonds is 3. The molecule has 0 unspecified atom stereocenters. The van der Waals surface area contributed by atoms with Crippen molar-refractivity contribution in [3.63, 3.8) is 0 Å². The molecule has 1 aromatic carbocycles. The van der Waals surface area contributed by atoms with Crippen molar-refractivity contribution in [1.29, 1.82) is 0 Å². The monoisotopic (exact) mass is 300 g/mol. The molecule has 0 aliphatic heterocycles. The third kappa shape index (κ3) is 2.16. The zero-order valence-corrected chi connectivity index (χ0v) is 13.0. The number of sulfonamides is 1. The van der Waals surface area contributed by atoms with E-state index >= 15 is 0 Å². The van der Waals surface area contributed by atoms with Crippen molar-refractivity contribution in [2.75, 3.05) is 0 Å².